The van der Waals surface area contributed by atoms with Gasteiger partial charge in [0.25, 0.3) is 11.6 Å². The highest BCUT2D eigenvalue weighted by atomic mass is 19.4. The van der Waals surface area contributed by atoms with Crippen LogP contribution in [0.15, 0.2) is 48.5 Å². The maximum Gasteiger partial charge on any atom is 0.416 e. The van der Waals surface area contributed by atoms with Crippen molar-refractivity contribution in [1.29, 1.82) is 0 Å². The molecule has 0 spiro atoms. The second kappa shape index (κ2) is 7.85. The average molecular weight is 382 g/mol. The molecule has 0 aliphatic rings. The number of anilines is 1. The fourth-order valence-corrected chi connectivity index (χ4v) is 2.08. The summed E-state index contributed by atoms with van der Waals surface area (Å²) in [6.07, 6.45) is -6.03. The highest BCUT2D eigenvalue weighted by molar-refractivity contribution is 5.98. The quantitative estimate of drug-likeness (QED) is 0.482. The number of carbonyl (C=O) groups excluding carboxylic acids is 2. The topological polar surface area (TPSA) is 98.5 Å². The molecule has 1 N–H and O–H groups in total. The SMILES string of the molecule is C[C@@H](OC(=O)c1cccc(C(F)(F)F)c1)C(=O)Nc1ccccc1[N+](=O)[O-]. The number of benzene rings is 2. The third kappa shape index (κ3) is 5.03. The maximum absolute atomic E-state index is 12.7. The standard InChI is InChI=1S/C17H13F3N2O5/c1-10(15(23)21-13-7-2-3-8-14(13)22(25)26)27-16(24)11-5-4-6-12(9-11)17(18,19)20/h2-10H,1H3,(H,21,23)/t10-/m1/s1. The van der Waals surface area contributed by atoms with E-state index in [0.717, 1.165) is 18.2 Å². The van der Waals surface area contributed by atoms with Gasteiger partial charge in [0, 0.05) is 6.07 Å². The Balaban J connectivity index is 2.09. The molecule has 0 fully saturated rings. The van der Waals surface area contributed by atoms with E-state index in [0.29, 0.717) is 6.07 Å². The van der Waals surface area contributed by atoms with Crippen molar-refractivity contribution in [2.24, 2.45) is 0 Å². The molecule has 0 aliphatic carbocycles. The van der Waals surface area contributed by atoms with Crippen LogP contribution in [0.3, 0.4) is 0 Å². The Kier molecular flexibility index (Phi) is 5.78. The van der Waals surface area contributed by atoms with E-state index in [9.17, 15) is 32.9 Å². The largest absolute Gasteiger partial charge is 0.449 e. The summed E-state index contributed by atoms with van der Waals surface area (Å²) in [5, 5.41) is 13.2. The molecule has 0 saturated heterocycles. The fraction of sp³-hybridized carbons (Fsp3) is 0.176. The van der Waals surface area contributed by atoms with Crippen molar-refractivity contribution in [3.05, 3.63) is 69.8 Å². The van der Waals surface area contributed by atoms with Gasteiger partial charge in [0.2, 0.25) is 0 Å². The van der Waals surface area contributed by atoms with Crippen LogP contribution in [0.1, 0.15) is 22.8 Å². The molecule has 0 radical (unpaired) electrons. The molecule has 142 valence electrons. The molecule has 0 saturated carbocycles. The van der Waals surface area contributed by atoms with Crippen molar-refractivity contribution < 1.29 is 32.4 Å². The fourth-order valence-electron chi connectivity index (χ4n) is 2.08. The highest BCUT2D eigenvalue weighted by Crippen LogP contribution is 2.29. The Labute approximate surface area is 150 Å². The lowest BCUT2D eigenvalue weighted by molar-refractivity contribution is -0.383. The normalized spacial score (nSPS) is 12.1. The van der Waals surface area contributed by atoms with Crippen LogP contribution in [-0.4, -0.2) is 22.9 Å². The van der Waals surface area contributed by atoms with E-state index in [2.05, 4.69) is 5.32 Å². The summed E-state index contributed by atoms with van der Waals surface area (Å²) in [7, 11) is 0. The molecule has 0 aromatic heterocycles. The van der Waals surface area contributed by atoms with Crippen molar-refractivity contribution in [2.45, 2.75) is 19.2 Å². The van der Waals surface area contributed by atoms with Crippen molar-refractivity contribution in [3.63, 3.8) is 0 Å². The van der Waals surface area contributed by atoms with Gasteiger partial charge in [0.05, 0.1) is 16.1 Å². The summed E-state index contributed by atoms with van der Waals surface area (Å²) in [4.78, 5) is 34.3. The number of esters is 1. The minimum absolute atomic E-state index is 0.102. The average Bonchev–Trinajstić information content (AvgIpc) is 2.61. The van der Waals surface area contributed by atoms with E-state index >= 15 is 0 Å². The Morgan fingerprint density at radius 1 is 1.15 bits per heavy atom. The first-order valence-electron chi connectivity index (χ1n) is 7.52. The van der Waals surface area contributed by atoms with Gasteiger partial charge in [0.1, 0.15) is 5.69 Å². The summed E-state index contributed by atoms with van der Waals surface area (Å²) in [6.45, 7) is 1.19. The summed E-state index contributed by atoms with van der Waals surface area (Å²) in [5.41, 5.74) is -1.87. The Bertz CT molecular complexity index is 883. The van der Waals surface area contributed by atoms with Gasteiger partial charge in [-0.2, -0.15) is 13.2 Å². The first kappa shape index (κ1) is 19.9. The predicted octanol–water partition coefficient (Wildman–Crippen LogP) is 3.80. The number of nitro groups is 1. The number of hydrogen-bond acceptors (Lipinski definition) is 5. The van der Waals surface area contributed by atoms with Gasteiger partial charge in [-0.25, -0.2) is 4.79 Å². The monoisotopic (exact) mass is 382 g/mol. The Morgan fingerprint density at radius 2 is 1.81 bits per heavy atom. The minimum Gasteiger partial charge on any atom is -0.449 e. The van der Waals surface area contributed by atoms with E-state index in [-0.39, 0.29) is 16.9 Å². The molecule has 27 heavy (non-hydrogen) atoms. The molecule has 2 aromatic carbocycles. The van der Waals surface area contributed by atoms with E-state index in [1.54, 1.807) is 0 Å². The summed E-state index contributed by atoms with van der Waals surface area (Å²) in [6, 6.07) is 8.89. The molecule has 2 aromatic rings. The number of amides is 1. The van der Waals surface area contributed by atoms with Gasteiger partial charge >= 0.3 is 12.1 Å². The van der Waals surface area contributed by atoms with Crippen LogP contribution in [0.4, 0.5) is 24.5 Å². The zero-order valence-corrected chi connectivity index (χ0v) is 13.8. The van der Waals surface area contributed by atoms with E-state index in [4.69, 9.17) is 4.74 Å². The van der Waals surface area contributed by atoms with E-state index in [1.165, 1.54) is 31.2 Å². The molecular formula is C17H13F3N2O5. The molecule has 0 unspecified atom stereocenters. The molecule has 1 atom stereocenters. The van der Waals surface area contributed by atoms with Crippen LogP contribution in [0, 0.1) is 10.1 Å². The van der Waals surface area contributed by atoms with Crippen LogP contribution in [0.2, 0.25) is 0 Å². The van der Waals surface area contributed by atoms with Crippen molar-refractivity contribution in [1.82, 2.24) is 0 Å². The smallest absolute Gasteiger partial charge is 0.416 e. The van der Waals surface area contributed by atoms with Crippen LogP contribution in [-0.2, 0) is 15.7 Å². The van der Waals surface area contributed by atoms with Crippen LogP contribution < -0.4 is 5.32 Å². The number of carbonyl (C=O) groups is 2. The van der Waals surface area contributed by atoms with Gasteiger partial charge in [0.15, 0.2) is 6.10 Å². The van der Waals surface area contributed by atoms with E-state index < -0.39 is 34.6 Å². The Hall–Kier alpha value is -3.43. The van der Waals surface area contributed by atoms with Crippen molar-refractivity contribution in [3.8, 4) is 0 Å². The van der Waals surface area contributed by atoms with E-state index in [1.807, 2.05) is 0 Å². The number of rotatable bonds is 5. The van der Waals surface area contributed by atoms with Crippen molar-refractivity contribution in [2.75, 3.05) is 5.32 Å². The summed E-state index contributed by atoms with van der Waals surface area (Å²) < 4.78 is 42.9. The lowest BCUT2D eigenvalue weighted by Gasteiger charge is -2.14. The maximum atomic E-state index is 12.7. The molecule has 1 amide bonds. The second-order valence-corrected chi connectivity index (χ2v) is 5.39. The molecule has 10 heteroatoms. The lowest BCUT2D eigenvalue weighted by atomic mass is 10.1. The predicted molar refractivity (Wildman–Crippen MR) is 88.0 cm³/mol. The van der Waals surface area contributed by atoms with Gasteiger partial charge < -0.3 is 10.1 Å². The number of para-hydroxylation sites is 2. The number of alkyl halides is 3. The third-order valence-corrected chi connectivity index (χ3v) is 3.44. The van der Waals surface area contributed by atoms with Crippen LogP contribution in [0.25, 0.3) is 0 Å². The number of halogens is 3. The number of hydrogen-bond donors (Lipinski definition) is 1. The van der Waals surface area contributed by atoms with Crippen LogP contribution in [0.5, 0.6) is 0 Å². The molecule has 0 bridgehead atoms. The minimum atomic E-state index is -4.63. The number of ether oxygens (including phenoxy) is 1. The molecule has 0 heterocycles. The van der Waals surface area contributed by atoms with Gasteiger partial charge in [-0.1, -0.05) is 18.2 Å². The van der Waals surface area contributed by atoms with Gasteiger partial charge in [-0.3, -0.25) is 14.9 Å². The van der Waals surface area contributed by atoms with Crippen LogP contribution >= 0.6 is 0 Å². The second-order valence-electron chi connectivity index (χ2n) is 5.39. The molecule has 0 aliphatic heterocycles. The number of nitro benzene ring substituents is 1. The van der Waals surface area contributed by atoms with Crippen molar-refractivity contribution >= 4 is 23.3 Å². The molecule has 7 nitrogen and oxygen atoms in total. The zero-order chi connectivity index (χ0) is 20.2. The molecular weight excluding hydrogens is 369 g/mol. The highest BCUT2D eigenvalue weighted by Gasteiger charge is 2.31. The lowest BCUT2D eigenvalue weighted by Crippen LogP contribution is -2.30. The first-order chi connectivity index (χ1) is 12.6. The van der Waals surface area contributed by atoms with Gasteiger partial charge in [-0.05, 0) is 31.2 Å². The number of nitrogens with zero attached hydrogens (tertiary/aromatic N) is 1. The first-order valence-corrected chi connectivity index (χ1v) is 7.52. The third-order valence-electron chi connectivity index (χ3n) is 3.44. The zero-order valence-electron chi connectivity index (χ0n) is 13.8. The van der Waals surface area contributed by atoms with Gasteiger partial charge in [-0.15, -0.1) is 0 Å². The number of nitrogens with one attached hydrogen (secondary N) is 1. The summed E-state index contributed by atoms with van der Waals surface area (Å²) >= 11 is 0. The molecule has 2 rings (SSSR count). The summed E-state index contributed by atoms with van der Waals surface area (Å²) in [5.74, 6) is -2.00. The Morgan fingerprint density at radius 3 is 2.44 bits per heavy atom.